The van der Waals surface area contributed by atoms with Gasteiger partial charge in [-0.1, -0.05) is 33.1 Å². The molecule has 1 rings (SSSR count). The monoisotopic (exact) mass is 211 g/mol. The lowest BCUT2D eigenvalue weighted by Crippen LogP contribution is -2.37. The minimum absolute atomic E-state index is 0.201. The van der Waals surface area contributed by atoms with Gasteiger partial charge in [-0.25, -0.2) is 0 Å². The summed E-state index contributed by atoms with van der Waals surface area (Å²) in [4.78, 5) is 24.5. The van der Waals surface area contributed by atoms with Gasteiger partial charge in [0, 0.05) is 19.0 Å². The summed E-state index contributed by atoms with van der Waals surface area (Å²) in [5.41, 5.74) is 0. The van der Waals surface area contributed by atoms with Gasteiger partial charge in [0.2, 0.25) is 5.78 Å². The van der Waals surface area contributed by atoms with Crippen LogP contribution in [0.5, 0.6) is 0 Å². The minimum Gasteiger partial charge on any atom is -0.333 e. The van der Waals surface area contributed by atoms with Gasteiger partial charge >= 0.3 is 0 Å². The van der Waals surface area contributed by atoms with Crippen molar-refractivity contribution in [3.8, 4) is 0 Å². The predicted molar refractivity (Wildman–Crippen MR) is 59.6 cm³/mol. The largest absolute Gasteiger partial charge is 0.333 e. The maximum atomic E-state index is 11.6. The van der Waals surface area contributed by atoms with E-state index < -0.39 is 0 Å². The summed E-state index contributed by atoms with van der Waals surface area (Å²) in [5, 5.41) is 0. The Morgan fingerprint density at radius 2 is 1.93 bits per heavy atom. The Hall–Kier alpha value is -0.860. The number of carbonyl (C=O) groups excluding carboxylic acids is 2. The minimum atomic E-state index is -0.246. The molecule has 1 amide bonds. The van der Waals surface area contributed by atoms with Crippen LogP contribution < -0.4 is 0 Å². The second kappa shape index (κ2) is 5.89. The van der Waals surface area contributed by atoms with Gasteiger partial charge in [-0.2, -0.15) is 0 Å². The van der Waals surface area contributed by atoms with E-state index in [1.807, 2.05) is 0 Å². The highest BCUT2D eigenvalue weighted by Crippen LogP contribution is 2.19. The molecule has 0 N–H and O–H groups in total. The van der Waals surface area contributed by atoms with Crippen molar-refractivity contribution >= 4 is 11.7 Å². The lowest BCUT2D eigenvalue weighted by Gasteiger charge is -2.26. The van der Waals surface area contributed by atoms with E-state index in [0.29, 0.717) is 19.0 Å². The fraction of sp³-hybridized carbons (Fsp3) is 0.833. The molecule has 0 spiro atoms. The van der Waals surface area contributed by atoms with Gasteiger partial charge in [-0.05, 0) is 12.8 Å². The second-order valence-electron chi connectivity index (χ2n) is 4.26. The molecule has 0 radical (unpaired) electrons. The summed E-state index contributed by atoms with van der Waals surface area (Å²) in [7, 11) is 0. The first-order chi connectivity index (χ1) is 7.20. The van der Waals surface area contributed by atoms with Crippen LogP contribution in [0, 0.1) is 0 Å². The highest BCUT2D eigenvalue weighted by molar-refractivity contribution is 6.37. The number of nitrogens with zero attached hydrogens (tertiary/aromatic N) is 1. The molecule has 0 aromatic carbocycles. The van der Waals surface area contributed by atoms with Crippen LogP contribution in [0.3, 0.4) is 0 Å². The molecule has 0 aliphatic carbocycles. The Morgan fingerprint density at radius 1 is 1.20 bits per heavy atom. The first-order valence-corrected chi connectivity index (χ1v) is 6.04. The molecular formula is C12H21NO2. The Morgan fingerprint density at radius 3 is 2.40 bits per heavy atom. The maximum absolute atomic E-state index is 11.6. The summed E-state index contributed by atoms with van der Waals surface area (Å²) in [6.45, 7) is 4.92. The van der Waals surface area contributed by atoms with E-state index in [1.165, 1.54) is 0 Å². The molecule has 3 heteroatoms. The lowest BCUT2D eigenvalue weighted by atomic mass is 10.0. The molecule has 1 saturated heterocycles. The van der Waals surface area contributed by atoms with E-state index in [4.69, 9.17) is 0 Å². The number of hydrogen-bond acceptors (Lipinski definition) is 2. The summed E-state index contributed by atoms with van der Waals surface area (Å²) in [5.74, 6) is -0.447. The maximum Gasteiger partial charge on any atom is 0.290 e. The Labute approximate surface area is 91.8 Å². The number of unbranched alkanes of at least 4 members (excludes halogenated alkanes) is 1. The molecule has 1 fully saturated rings. The molecule has 1 aliphatic heterocycles. The van der Waals surface area contributed by atoms with Crippen LogP contribution in [0.4, 0.5) is 0 Å². The van der Waals surface area contributed by atoms with Crippen molar-refractivity contribution in [2.45, 2.75) is 58.4 Å². The number of ketones is 1. The van der Waals surface area contributed by atoms with Crippen molar-refractivity contribution in [2.75, 3.05) is 6.54 Å². The molecule has 1 unspecified atom stereocenters. The Balaban J connectivity index is 2.54. The Kier molecular flexibility index (Phi) is 4.79. The fourth-order valence-electron chi connectivity index (χ4n) is 2.17. The zero-order chi connectivity index (χ0) is 11.3. The van der Waals surface area contributed by atoms with Crippen molar-refractivity contribution in [3.63, 3.8) is 0 Å². The van der Waals surface area contributed by atoms with Gasteiger partial charge in [-0.15, -0.1) is 0 Å². The van der Waals surface area contributed by atoms with Gasteiger partial charge in [-0.3, -0.25) is 9.59 Å². The molecule has 1 heterocycles. The molecule has 1 aliphatic rings. The van der Waals surface area contributed by atoms with E-state index in [-0.39, 0.29) is 11.7 Å². The average Bonchev–Trinajstić information content (AvgIpc) is 2.55. The predicted octanol–water partition coefficient (Wildman–Crippen LogP) is 2.15. The first kappa shape index (κ1) is 12.2. The van der Waals surface area contributed by atoms with E-state index in [0.717, 1.165) is 32.1 Å². The van der Waals surface area contributed by atoms with E-state index in [9.17, 15) is 9.59 Å². The van der Waals surface area contributed by atoms with Crippen LogP contribution in [0.15, 0.2) is 0 Å². The average molecular weight is 211 g/mol. The molecule has 1 atom stereocenters. The first-order valence-electron chi connectivity index (χ1n) is 6.04. The van der Waals surface area contributed by atoms with Crippen molar-refractivity contribution in [1.29, 1.82) is 0 Å². The van der Waals surface area contributed by atoms with Gasteiger partial charge < -0.3 is 4.90 Å². The third-order valence-corrected chi connectivity index (χ3v) is 3.03. The van der Waals surface area contributed by atoms with E-state index in [1.54, 1.807) is 4.90 Å². The van der Waals surface area contributed by atoms with Crippen LogP contribution in [0.25, 0.3) is 0 Å². The number of likely N-dealkylation sites (tertiary alicyclic amines) is 1. The second-order valence-corrected chi connectivity index (χ2v) is 4.26. The van der Waals surface area contributed by atoms with Crippen LogP contribution in [0.1, 0.15) is 52.4 Å². The highest BCUT2D eigenvalue weighted by Gasteiger charge is 2.33. The number of amides is 1. The summed E-state index contributed by atoms with van der Waals surface area (Å²) < 4.78 is 0. The Bertz CT molecular complexity index is 238. The number of hydrogen-bond donors (Lipinski definition) is 0. The standard InChI is InChI=1S/C12H21NO2/c1-3-5-7-10(6-4-2)13-9-8-11(14)12(13)15/h10H,3-9H2,1-2H3. The molecule has 0 bridgehead atoms. The van der Waals surface area contributed by atoms with Crippen molar-refractivity contribution < 1.29 is 9.59 Å². The van der Waals surface area contributed by atoms with Crippen molar-refractivity contribution in [2.24, 2.45) is 0 Å². The van der Waals surface area contributed by atoms with Crippen LogP contribution >= 0.6 is 0 Å². The topological polar surface area (TPSA) is 37.4 Å². The van der Waals surface area contributed by atoms with E-state index >= 15 is 0 Å². The number of rotatable bonds is 6. The smallest absolute Gasteiger partial charge is 0.290 e. The van der Waals surface area contributed by atoms with Gasteiger partial charge in [0.15, 0.2) is 0 Å². The molecule has 0 aromatic heterocycles. The number of carbonyl (C=O) groups is 2. The zero-order valence-electron chi connectivity index (χ0n) is 9.79. The molecule has 0 saturated carbocycles. The van der Waals surface area contributed by atoms with Gasteiger partial charge in [0.05, 0.1) is 0 Å². The molecule has 0 aromatic rings. The third-order valence-electron chi connectivity index (χ3n) is 3.03. The van der Waals surface area contributed by atoms with E-state index in [2.05, 4.69) is 13.8 Å². The highest BCUT2D eigenvalue weighted by atomic mass is 16.2. The van der Waals surface area contributed by atoms with Crippen molar-refractivity contribution in [1.82, 2.24) is 4.90 Å². The van der Waals surface area contributed by atoms with Crippen LogP contribution in [0.2, 0.25) is 0 Å². The zero-order valence-corrected chi connectivity index (χ0v) is 9.79. The summed E-state index contributed by atoms with van der Waals surface area (Å²) in [6, 6.07) is 0.300. The quantitative estimate of drug-likeness (QED) is 0.631. The molecule has 3 nitrogen and oxygen atoms in total. The molecule has 86 valence electrons. The lowest BCUT2D eigenvalue weighted by molar-refractivity contribution is -0.141. The SMILES string of the molecule is CCCCC(CCC)N1CCC(=O)C1=O. The van der Waals surface area contributed by atoms with Crippen LogP contribution in [-0.2, 0) is 9.59 Å². The summed E-state index contributed by atoms with van der Waals surface area (Å²) >= 11 is 0. The van der Waals surface area contributed by atoms with Gasteiger partial charge in [0.25, 0.3) is 5.91 Å². The molecule has 15 heavy (non-hydrogen) atoms. The van der Waals surface area contributed by atoms with Crippen LogP contribution in [-0.4, -0.2) is 29.2 Å². The number of Topliss-reactive ketones (excluding diaryl/α,β-unsaturated/α-hetero) is 1. The normalized spacial score (nSPS) is 18.7. The van der Waals surface area contributed by atoms with Gasteiger partial charge in [0.1, 0.15) is 0 Å². The fourth-order valence-corrected chi connectivity index (χ4v) is 2.17. The summed E-state index contributed by atoms with van der Waals surface area (Å²) in [6.07, 6.45) is 5.86. The van der Waals surface area contributed by atoms with Crippen molar-refractivity contribution in [3.05, 3.63) is 0 Å². The molecular weight excluding hydrogens is 190 g/mol. The third kappa shape index (κ3) is 3.05.